The molecule has 4 nitrogen and oxygen atoms in total. The van der Waals surface area contributed by atoms with E-state index in [4.69, 9.17) is 0 Å². The van der Waals surface area contributed by atoms with E-state index in [-0.39, 0.29) is 0 Å². The van der Waals surface area contributed by atoms with Crippen molar-refractivity contribution >= 4 is 10.0 Å². The predicted octanol–water partition coefficient (Wildman–Crippen LogP) is 0.658. The molecule has 0 amide bonds. The van der Waals surface area contributed by atoms with E-state index in [1.165, 1.54) is 32.2 Å². The molecule has 1 saturated heterocycles. The number of nitrogens with zero attached hydrogens (tertiary/aromatic N) is 1. The molecule has 5 heteroatoms. The Morgan fingerprint density at radius 1 is 1.33 bits per heavy atom. The van der Waals surface area contributed by atoms with Gasteiger partial charge in [-0.1, -0.05) is 6.92 Å². The highest BCUT2D eigenvalue weighted by molar-refractivity contribution is 7.88. The van der Waals surface area contributed by atoms with Crippen molar-refractivity contribution in [1.29, 1.82) is 0 Å². The molecule has 0 aromatic heterocycles. The van der Waals surface area contributed by atoms with Gasteiger partial charge in [0.05, 0.1) is 6.26 Å². The van der Waals surface area contributed by atoms with Crippen LogP contribution in [0.4, 0.5) is 0 Å². The fourth-order valence-electron chi connectivity index (χ4n) is 1.85. The fourth-order valence-corrected chi connectivity index (χ4v) is 2.36. The van der Waals surface area contributed by atoms with Crippen LogP contribution in [0.5, 0.6) is 0 Å². The van der Waals surface area contributed by atoms with E-state index in [9.17, 15) is 8.42 Å². The van der Waals surface area contributed by atoms with Crippen LogP contribution in [0.25, 0.3) is 0 Å². The second-order valence-electron chi connectivity index (χ2n) is 4.54. The molecule has 1 aliphatic heterocycles. The van der Waals surface area contributed by atoms with Crippen LogP contribution in [0.15, 0.2) is 0 Å². The van der Waals surface area contributed by atoms with Crippen molar-refractivity contribution in [3.8, 4) is 0 Å². The molecule has 1 fully saturated rings. The van der Waals surface area contributed by atoms with E-state index >= 15 is 0 Å². The van der Waals surface area contributed by atoms with Crippen LogP contribution in [-0.4, -0.2) is 45.8 Å². The van der Waals surface area contributed by atoms with Gasteiger partial charge in [-0.15, -0.1) is 0 Å². The highest BCUT2D eigenvalue weighted by atomic mass is 32.2. The third kappa shape index (κ3) is 6.12. The zero-order valence-electron chi connectivity index (χ0n) is 9.70. The zero-order chi connectivity index (χ0) is 11.3. The minimum Gasteiger partial charge on any atom is -0.303 e. The molecule has 0 saturated carbocycles. The van der Waals surface area contributed by atoms with Gasteiger partial charge in [0.1, 0.15) is 0 Å². The first-order valence-corrected chi connectivity index (χ1v) is 7.53. The number of rotatable bonds is 5. The molecule has 0 spiro atoms. The van der Waals surface area contributed by atoms with E-state index in [2.05, 4.69) is 16.5 Å². The maximum atomic E-state index is 10.8. The molecule has 0 unspecified atom stereocenters. The van der Waals surface area contributed by atoms with Crippen LogP contribution in [0.3, 0.4) is 0 Å². The Balaban J connectivity index is 2.06. The number of sulfonamides is 1. The van der Waals surface area contributed by atoms with Gasteiger partial charge in [0.15, 0.2) is 0 Å². The highest BCUT2D eigenvalue weighted by Gasteiger charge is 2.14. The molecule has 1 aliphatic rings. The summed E-state index contributed by atoms with van der Waals surface area (Å²) in [6.07, 6.45) is 4.66. The van der Waals surface area contributed by atoms with Gasteiger partial charge in [-0.25, -0.2) is 13.1 Å². The Kier molecular flexibility index (Phi) is 5.02. The van der Waals surface area contributed by atoms with Crippen molar-refractivity contribution < 1.29 is 8.42 Å². The van der Waals surface area contributed by atoms with E-state index < -0.39 is 10.0 Å². The molecule has 15 heavy (non-hydrogen) atoms. The normalized spacial score (nSPS) is 20.7. The molecule has 0 radical (unpaired) electrons. The van der Waals surface area contributed by atoms with Gasteiger partial charge in [0, 0.05) is 6.54 Å². The van der Waals surface area contributed by atoms with Gasteiger partial charge < -0.3 is 4.90 Å². The average Bonchev–Trinajstić information content (AvgIpc) is 2.14. The minimum absolute atomic E-state index is 0.560. The molecule has 1 N–H and O–H groups in total. The first-order chi connectivity index (χ1) is 6.97. The lowest BCUT2D eigenvalue weighted by Crippen LogP contribution is -2.35. The molecular weight excluding hydrogens is 212 g/mol. The smallest absolute Gasteiger partial charge is 0.208 e. The average molecular weight is 234 g/mol. The van der Waals surface area contributed by atoms with Crippen molar-refractivity contribution in [2.75, 3.05) is 32.4 Å². The van der Waals surface area contributed by atoms with E-state index in [0.29, 0.717) is 6.54 Å². The van der Waals surface area contributed by atoms with E-state index in [1.54, 1.807) is 0 Å². The van der Waals surface area contributed by atoms with E-state index in [1.807, 2.05) is 0 Å². The molecule has 0 bridgehead atoms. The van der Waals surface area contributed by atoms with Gasteiger partial charge in [-0.3, -0.25) is 0 Å². The summed E-state index contributed by atoms with van der Waals surface area (Å²) in [7, 11) is -3.00. The van der Waals surface area contributed by atoms with Crippen LogP contribution in [-0.2, 0) is 10.0 Å². The second-order valence-corrected chi connectivity index (χ2v) is 6.38. The summed E-state index contributed by atoms with van der Waals surface area (Å²) in [5, 5.41) is 0. The number of hydrogen-bond acceptors (Lipinski definition) is 3. The predicted molar refractivity (Wildman–Crippen MR) is 62.3 cm³/mol. The fraction of sp³-hybridized carbons (Fsp3) is 1.00. The Morgan fingerprint density at radius 2 is 1.93 bits per heavy atom. The number of hydrogen-bond donors (Lipinski definition) is 1. The van der Waals surface area contributed by atoms with Crippen molar-refractivity contribution in [2.45, 2.75) is 26.2 Å². The van der Waals surface area contributed by atoms with Crippen LogP contribution in [0, 0.1) is 5.92 Å². The summed E-state index contributed by atoms with van der Waals surface area (Å²) in [5.74, 6) is 0.857. The Morgan fingerprint density at radius 3 is 2.47 bits per heavy atom. The lowest BCUT2D eigenvalue weighted by atomic mass is 9.99. The lowest BCUT2D eigenvalue weighted by molar-refractivity contribution is 0.191. The molecule has 90 valence electrons. The van der Waals surface area contributed by atoms with Crippen LogP contribution in [0.1, 0.15) is 26.2 Å². The van der Waals surface area contributed by atoms with Gasteiger partial charge in [0.2, 0.25) is 10.0 Å². The second kappa shape index (κ2) is 5.82. The SMILES string of the molecule is CC1CCN(CCCNS(C)(=O)=O)CC1. The third-order valence-electron chi connectivity index (χ3n) is 2.89. The summed E-state index contributed by atoms with van der Waals surface area (Å²) >= 11 is 0. The zero-order valence-corrected chi connectivity index (χ0v) is 10.5. The summed E-state index contributed by atoms with van der Waals surface area (Å²) in [5.41, 5.74) is 0. The molecule has 1 heterocycles. The minimum atomic E-state index is -3.00. The standard InChI is InChI=1S/C10H22N2O2S/c1-10-4-8-12(9-5-10)7-3-6-11-15(2,13)14/h10-11H,3-9H2,1-2H3. The van der Waals surface area contributed by atoms with Crippen LogP contribution >= 0.6 is 0 Å². The molecule has 1 rings (SSSR count). The monoisotopic (exact) mass is 234 g/mol. The van der Waals surface area contributed by atoms with Crippen LogP contribution in [0.2, 0.25) is 0 Å². The summed E-state index contributed by atoms with van der Waals surface area (Å²) in [6.45, 7) is 6.20. The first kappa shape index (κ1) is 12.9. The summed E-state index contributed by atoms with van der Waals surface area (Å²) < 4.78 is 24.1. The maximum absolute atomic E-state index is 10.8. The third-order valence-corrected chi connectivity index (χ3v) is 3.62. The number of likely N-dealkylation sites (tertiary alicyclic amines) is 1. The van der Waals surface area contributed by atoms with Gasteiger partial charge >= 0.3 is 0 Å². The number of piperidine rings is 1. The molecule has 0 aliphatic carbocycles. The Bertz CT molecular complexity index is 269. The lowest BCUT2D eigenvalue weighted by Gasteiger charge is -2.30. The largest absolute Gasteiger partial charge is 0.303 e. The molecule has 0 aromatic rings. The van der Waals surface area contributed by atoms with Gasteiger partial charge in [-0.2, -0.15) is 0 Å². The molecule has 0 atom stereocenters. The molecular formula is C10H22N2O2S. The van der Waals surface area contributed by atoms with Crippen molar-refractivity contribution in [1.82, 2.24) is 9.62 Å². The molecule has 0 aromatic carbocycles. The maximum Gasteiger partial charge on any atom is 0.208 e. The Hall–Kier alpha value is -0.130. The van der Waals surface area contributed by atoms with Crippen molar-refractivity contribution in [2.24, 2.45) is 5.92 Å². The van der Waals surface area contributed by atoms with Gasteiger partial charge in [-0.05, 0) is 44.8 Å². The highest BCUT2D eigenvalue weighted by Crippen LogP contribution is 2.15. The quantitative estimate of drug-likeness (QED) is 0.711. The van der Waals surface area contributed by atoms with Gasteiger partial charge in [0.25, 0.3) is 0 Å². The topological polar surface area (TPSA) is 49.4 Å². The summed E-state index contributed by atoms with van der Waals surface area (Å²) in [6, 6.07) is 0. The van der Waals surface area contributed by atoms with E-state index in [0.717, 1.165) is 18.9 Å². The Labute approximate surface area is 93.1 Å². The van der Waals surface area contributed by atoms with Crippen molar-refractivity contribution in [3.05, 3.63) is 0 Å². The first-order valence-electron chi connectivity index (χ1n) is 5.64. The summed E-state index contributed by atoms with van der Waals surface area (Å²) in [4.78, 5) is 2.42. The van der Waals surface area contributed by atoms with Crippen molar-refractivity contribution in [3.63, 3.8) is 0 Å². The number of nitrogens with one attached hydrogen (secondary N) is 1. The van der Waals surface area contributed by atoms with Crippen LogP contribution < -0.4 is 4.72 Å².